The number of hydrogen-bond donors (Lipinski definition) is 0. The van der Waals surface area contributed by atoms with Crippen LogP contribution in [0.2, 0.25) is 0 Å². The zero-order valence-corrected chi connectivity index (χ0v) is 21.7. The monoisotopic (exact) mass is 506 g/mol. The van der Waals surface area contributed by atoms with E-state index in [0.29, 0.717) is 19.3 Å². The highest BCUT2D eigenvalue weighted by Gasteiger charge is 2.89. The second-order valence-electron chi connectivity index (χ2n) is 11.4. The molecular formula is C26H34O10. The topological polar surface area (TPSA) is 130 Å². The average Bonchev–Trinajstić information content (AvgIpc) is 3.58. The third-order valence-electron chi connectivity index (χ3n) is 9.08. The predicted molar refractivity (Wildman–Crippen MR) is 121 cm³/mol. The molecule has 0 aromatic heterocycles. The van der Waals surface area contributed by atoms with Gasteiger partial charge in [-0.05, 0) is 39.7 Å². The summed E-state index contributed by atoms with van der Waals surface area (Å²) in [6, 6.07) is 0. The van der Waals surface area contributed by atoms with E-state index in [1.165, 1.54) is 20.8 Å². The molecular weight excluding hydrogens is 472 g/mol. The number of hydrogen-bond acceptors (Lipinski definition) is 10. The molecule has 0 amide bonds. The molecule has 3 aliphatic heterocycles. The van der Waals surface area contributed by atoms with E-state index in [9.17, 15) is 19.2 Å². The van der Waals surface area contributed by atoms with Crippen LogP contribution in [-0.2, 0) is 47.6 Å². The SMILES string of the molecule is CC(=O)O[C@H]1C[C@@H]2O[C@]2(C)[C@@H]2[C@@H](OC(C)=O)[C@]34O[C@]3(C)C(=O)O[C@H]4C=C(C)CC[C@@H](OC(C)=O)[C@@]12C. The molecule has 1 saturated carbocycles. The van der Waals surface area contributed by atoms with Crippen molar-refractivity contribution in [3.8, 4) is 0 Å². The van der Waals surface area contributed by atoms with Crippen LogP contribution in [0, 0.1) is 11.3 Å². The van der Waals surface area contributed by atoms with Crippen LogP contribution in [0.25, 0.3) is 0 Å². The highest BCUT2D eigenvalue weighted by atomic mass is 16.7. The summed E-state index contributed by atoms with van der Waals surface area (Å²) in [5.41, 5.74) is -3.59. The molecule has 4 fully saturated rings. The molecule has 10 heteroatoms. The Balaban J connectivity index is 1.75. The number of ether oxygens (including phenoxy) is 6. The molecule has 2 aliphatic carbocycles. The van der Waals surface area contributed by atoms with Crippen LogP contribution in [0.15, 0.2) is 11.6 Å². The van der Waals surface area contributed by atoms with Gasteiger partial charge in [0.1, 0.15) is 18.3 Å². The summed E-state index contributed by atoms with van der Waals surface area (Å²) < 4.78 is 36.0. The van der Waals surface area contributed by atoms with Crippen LogP contribution in [0.4, 0.5) is 0 Å². The summed E-state index contributed by atoms with van der Waals surface area (Å²) in [5, 5.41) is 0. The Morgan fingerprint density at radius 1 is 0.972 bits per heavy atom. The molecule has 198 valence electrons. The first-order valence-corrected chi connectivity index (χ1v) is 12.5. The van der Waals surface area contributed by atoms with Crippen LogP contribution < -0.4 is 0 Å². The first kappa shape index (κ1) is 25.2. The van der Waals surface area contributed by atoms with Gasteiger partial charge in [0.05, 0.1) is 17.1 Å². The molecule has 0 aromatic rings. The Kier molecular flexibility index (Phi) is 5.44. The van der Waals surface area contributed by atoms with E-state index in [2.05, 4.69) is 0 Å². The highest BCUT2D eigenvalue weighted by molar-refractivity contribution is 5.89. The van der Waals surface area contributed by atoms with Gasteiger partial charge in [0.15, 0.2) is 17.3 Å². The quantitative estimate of drug-likeness (QED) is 0.243. The molecule has 0 unspecified atom stereocenters. The first-order chi connectivity index (χ1) is 16.7. The van der Waals surface area contributed by atoms with Gasteiger partial charge in [-0.1, -0.05) is 12.5 Å². The van der Waals surface area contributed by atoms with Gasteiger partial charge < -0.3 is 28.4 Å². The van der Waals surface area contributed by atoms with Gasteiger partial charge in [0.25, 0.3) is 0 Å². The third-order valence-corrected chi connectivity index (χ3v) is 9.08. The van der Waals surface area contributed by atoms with E-state index in [4.69, 9.17) is 28.4 Å². The summed E-state index contributed by atoms with van der Waals surface area (Å²) in [6.07, 6.45) is -0.313. The van der Waals surface area contributed by atoms with Crippen LogP contribution in [0.1, 0.15) is 67.7 Å². The molecule has 10 atom stereocenters. The van der Waals surface area contributed by atoms with E-state index in [0.717, 1.165) is 5.57 Å². The van der Waals surface area contributed by atoms with Gasteiger partial charge in [-0.2, -0.15) is 0 Å². The Labute approximate surface area is 209 Å². The van der Waals surface area contributed by atoms with Gasteiger partial charge in [-0.15, -0.1) is 0 Å². The first-order valence-electron chi connectivity index (χ1n) is 12.5. The van der Waals surface area contributed by atoms with Crippen molar-refractivity contribution in [1.82, 2.24) is 0 Å². The van der Waals surface area contributed by atoms with Crippen molar-refractivity contribution >= 4 is 23.9 Å². The lowest BCUT2D eigenvalue weighted by Crippen LogP contribution is -2.66. The minimum atomic E-state index is -1.33. The molecule has 1 spiro atoms. The Morgan fingerprint density at radius 2 is 1.58 bits per heavy atom. The normalized spacial score (nSPS) is 48.5. The predicted octanol–water partition coefficient (Wildman–Crippen LogP) is 2.16. The summed E-state index contributed by atoms with van der Waals surface area (Å²) in [6.45, 7) is 11.3. The fourth-order valence-electron chi connectivity index (χ4n) is 7.29. The number of rotatable bonds is 3. The molecule has 0 bridgehead atoms. The number of carbonyl (C=O) groups excluding carboxylic acids is 4. The fourth-order valence-corrected chi connectivity index (χ4v) is 7.29. The second kappa shape index (κ2) is 7.77. The molecule has 0 N–H and O–H groups in total. The lowest BCUT2D eigenvalue weighted by molar-refractivity contribution is -0.212. The van der Waals surface area contributed by atoms with Gasteiger partial charge >= 0.3 is 23.9 Å². The maximum Gasteiger partial charge on any atom is 0.342 e. The number of epoxide rings is 2. The van der Waals surface area contributed by atoms with Crippen LogP contribution in [0.5, 0.6) is 0 Å². The smallest absolute Gasteiger partial charge is 0.342 e. The van der Waals surface area contributed by atoms with E-state index >= 15 is 0 Å². The number of allylic oxidation sites excluding steroid dienone is 1. The maximum atomic E-state index is 13.0. The van der Waals surface area contributed by atoms with Crippen molar-refractivity contribution in [1.29, 1.82) is 0 Å². The second-order valence-corrected chi connectivity index (χ2v) is 11.4. The van der Waals surface area contributed by atoms with E-state index in [-0.39, 0.29) is 6.10 Å². The van der Waals surface area contributed by atoms with Gasteiger partial charge in [0, 0.05) is 33.1 Å². The Morgan fingerprint density at radius 3 is 2.17 bits per heavy atom. The van der Waals surface area contributed by atoms with E-state index in [1.807, 2.05) is 26.8 Å². The Bertz CT molecular complexity index is 1070. The van der Waals surface area contributed by atoms with Crippen LogP contribution in [0.3, 0.4) is 0 Å². The lowest BCUT2D eigenvalue weighted by Gasteiger charge is -2.54. The molecule has 5 aliphatic rings. The highest BCUT2D eigenvalue weighted by Crippen LogP contribution is 2.69. The standard InChI is InChI=1S/C26H34O10/c1-12-8-9-16(31-13(2)27)23(5)17(32-14(3)28)11-18-24(6,35-18)20(23)21(33-15(4)29)26-19(10-12)34-22(30)25(26,7)36-26/h10,16-21H,8-9,11H2,1-7H3/t16-,17+,18+,19+,20-,21-,23+,24+,25-,26+/m1/s1. The number of carbonyl (C=O) groups is 4. The van der Waals surface area contributed by atoms with Crippen molar-refractivity contribution in [2.75, 3.05) is 0 Å². The minimum absolute atomic E-state index is 0.283. The van der Waals surface area contributed by atoms with Crippen molar-refractivity contribution in [2.24, 2.45) is 11.3 Å². The lowest BCUT2D eigenvalue weighted by atomic mass is 9.53. The van der Waals surface area contributed by atoms with Crippen molar-refractivity contribution in [2.45, 2.75) is 115 Å². The van der Waals surface area contributed by atoms with Crippen LogP contribution in [-0.4, -0.2) is 71.2 Å². The van der Waals surface area contributed by atoms with E-state index in [1.54, 1.807) is 6.92 Å². The molecule has 0 radical (unpaired) electrons. The van der Waals surface area contributed by atoms with Crippen molar-refractivity contribution in [3.05, 3.63) is 11.6 Å². The summed E-state index contributed by atoms with van der Waals surface area (Å²) in [7, 11) is 0. The number of fused-ring (bicyclic) bond motifs is 3. The molecule has 3 saturated heterocycles. The molecule has 5 rings (SSSR count). The fraction of sp³-hybridized carbons (Fsp3) is 0.769. The Hall–Kier alpha value is -2.46. The van der Waals surface area contributed by atoms with Gasteiger partial charge in [-0.3, -0.25) is 14.4 Å². The van der Waals surface area contributed by atoms with Gasteiger partial charge in [-0.25, -0.2) is 4.79 Å². The van der Waals surface area contributed by atoms with Crippen LogP contribution >= 0.6 is 0 Å². The maximum absolute atomic E-state index is 13.0. The zero-order valence-electron chi connectivity index (χ0n) is 21.7. The molecule has 36 heavy (non-hydrogen) atoms. The zero-order chi connectivity index (χ0) is 26.4. The van der Waals surface area contributed by atoms with E-state index < -0.39 is 76.4 Å². The molecule has 0 aromatic carbocycles. The summed E-state index contributed by atoms with van der Waals surface area (Å²) >= 11 is 0. The minimum Gasteiger partial charge on any atom is -0.462 e. The number of esters is 4. The van der Waals surface area contributed by atoms with Crippen molar-refractivity contribution in [3.63, 3.8) is 0 Å². The third kappa shape index (κ3) is 3.29. The van der Waals surface area contributed by atoms with Gasteiger partial charge in [0.2, 0.25) is 0 Å². The molecule has 3 heterocycles. The molecule has 10 nitrogen and oxygen atoms in total. The summed E-state index contributed by atoms with van der Waals surface area (Å²) in [5.74, 6) is -2.71. The largest absolute Gasteiger partial charge is 0.462 e. The average molecular weight is 507 g/mol. The van der Waals surface area contributed by atoms with Crippen molar-refractivity contribution < 1.29 is 47.6 Å². The summed E-state index contributed by atoms with van der Waals surface area (Å²) in [4.78, 5) is 50.1.